The minimum atomic E-state index is 0.0872. The molecule has 1 heterocycles. The smallest absolute Gasteiger partial charge is 0.236 e. The molecule has 0 aromatic carbocycles. The molecule has 0 unspecified atom stereocenters. The van der Waals surface area contributed by atoms with Crippen molar-refractivity contribution in [1.82, 2.24) is 15.1 Å². The van der Waals surface area contributed by atoms with E-state index in [9.17, 15) is 4.79 Å². The van der Waals surface area contributed by atoms with Crippen LogP contribution in [-0.2, 0) is 9.53 Å². The van der Waals surface area contributed by atoms with Gasteiger partial charge in [-0.1, -0.05) is 0 Å². The van der Waals surface area contributed by atoms with Gasteiger partial charge in [0.15, 0.2) is 0 Å². The van der Waals surface area contributed by atoms with Crippen LogP contribution >= 0.6 is 0 Å². The van der Waals surface area contributed by atoms with E-state index in [0.29, 0.717) is 32.7 Å². The molecule has 0 aliphatic carbocycles. The van der Waals surface area contributed by atoms with Gasteiger partial charge in [-0.05, 0) is 0 Å². The fourth-order valence-corrected chi connectivity index (χ4v) is 1.91. The molecule has 1 aliphatic heterocycles. The van der Waals surface area contributed by atoms with E-state index in [1.165, 1.54) is 0 Å². The molecule has 0 saturated carbocycles. The van der Waals surface area contributed by atoms with Gasteiger partial charge in [0.1, 0.15) is 0 Å². The van der Waals surface area contributed by atoms with Gasteiger partial charge in [-0.15, -0.1) is 0 Å². The summed E-state index contributed by atoms with van der Waals surface area (Å²) in [5.74, 6) is 0.0872. The monoisotopic (exact) mass is 254 g/mol. The lowest BCUT2D eigenvalue weighted by atomic mass is 10.3. The van der Waals surface area contributed by atoms with E-state index in [2.05, 4.69) is 16.3 Å². The minimum Gasteiger partial charge on any atom is -0.383 e. The normalized spacial score (nSPS) is 16.2. The first-order valence-electron chi connectivity index (χ1n) is 6.34. The number of nitrogens with zero attached hydrogens (tertiary/aromatic N) is 3. The molecule has 18 heavy (non-hydrogen) atoms. The fraction of sp³-hybridized carbons (Fsp3) is 0.833. The predicted molar refractivity (Wildman–Crippen MR) is 68.0 cm³/mol. The number of nitriles is 1. The average Bonchev–Trinajstić information content (AvgIpc) is 2.40. The Hall–Kier alpha value is -1.16. The van der Waals surface area contributed by atoms with E-state index in [1.807, 2.05) is 0 Å². The Bertz CT molecular complexity index is 284. The van der Waals surface area contributed by atoms with Crippen molar-refractivity contribution in [1.29, 1.82) is 5.26 Å². The number of carbonyl (C=O) groups is 1. The van der Waals surface area contributed by atoms with Gasteiger partial charge in [0, 0.05) is 46.4 Å². The highest BCUT2D eigenvalue weighted by molar-refractivity contribution is 5.78. The van der Waals surface area contributed by atoms with Crippen molar-refractivity contribution < 1.29 is 9.53 Å². The number of rotatable bonds is 7. The van der Waals surface area contributed by atoms with Crippen molar-refractivity contribution in [3.05, 3.63) is 0 Å². The van der Waals surface area contributed by atoms with Gasteiger partial charge in [-0.3, -0.25) is 9.69 Å². The second-order valence-corrected chi connectivity index (χ2v) is 4.31. The van der Waals surface area contributed by atoms with Crippen molar-refractivity contribution in [3.63, 3.8) is 0 Å². The molecule has 0 spiro atoms. The first-order chi connectivity index (χ1) is 8.77. The summed E-state index contributed by atoms with van der Waals surface area (Å²) in [6, 6.07) is 2.07. The van der Waals surface area contributed by atoms with Crippen molar-refractivity contribution >= 4 is 5.91 Å². The van der Waals surface area contributed by atoms with Crippen molar-refractivity contribution in [2.45, 2.75) is 6.42 Å². The number of amides is 1. The number of methoxy groups -OCH3 is 1. The summed E-state index contributed by atoms with van der Waals surface area (Å²) in [6.45, 7) is 5.68. The Morgan fingerprint density at radius 1 is 1.44 bits per heavy atom. The Balaban J connectivity index is 2.38. The summed E-state index contributed by atoms with van der Waals surface area (Å²) < 4.78 is 4.99. The molecule has 0 aromatic heterocycles. The zero-order chi connectivity index (χ0) is 13.2. The first kappa shape index (κ1) is 14.9. The van der Waals surface area contributed by atoms with Crippen LogP contribution in [0.25, 0.3) is 0 Å². The third kappa shape index (κ3) is 5.45. The maximum absolute atomic E-state index is 12.1. The van der Waals surface area contributed by atoms with Crippen LogP contribution in [0.5, 0.6) is 0 Å². The topological polar surface area (TPSA) is 68.6 Å². The number of hydrogen-bond donors (Lipinski definition) is 1. The van der Waals surface area contributed by atoms with Crippen LogP contribution in [-0.4, -0.2) is 75.2 Å². The van der Waals surface area contributed by atoms with Gasteiger partial charge in [-0.25, -0.2) is 0 Å². The second kappa shape index (κ2) is 8.86. The summed E-state index contributed by atoms with van der Waals surface area (Å²) in [7, 11) is 1.61. The van der Waals surface area contributed by atoms with Crippen molar-refractivity contribution in [2.75, 3.05) is 59.5 Å². The van der Waals surface area contributed by atoms with Crippen LogP contribution in [0.15, 0.2) is 0 Å². The van der Waals surface area contributed by atoms with E-state index in [0.717, 1.165) is 26.2 Å². The van der Waals surface area contributed by atoms with Crippen molar-refractivity contribution in [2.24, 2.45) is 0 Å². The molecule has 102 valence electrons. The standard InChI is InChI=1S/C12H22N4O2/c1-18-10-9-16(6-2-3-13)12(17)11-15-7-4-14-5-8-15/h14H,2,4-11H2,1H3. The number of carbonyl (C=O) groups excluding carboxylic acids is 1. The molecular formula is C12H22N4O2. The third-order valence-corrected chi connectivity index (χ3v) is 2.98. The maximum atomic E-state index is 12.1. The van der Waals surface area contributed by atoms with Gasteiger partial charge in [0.2, 0.25) is 5.91 Å². The molecule has 1 N–H and O–H groups in total. The zero-order valence-corrected chi connectivity index (χ0v) is 11.0. The number of hydrogen-bond acceptors (Lipinski definition) is 5. The van der Waals surface area contributed by atoms with E-state index in [1.54, 1.807) is 12.0 Å². The molecule has 0 atom stereocenters. The van der Waals surface area contributed by atoms with Gasteiger partial charge >= 0.3 is 0 Å². The van der Waals surface area contributed by atoms with Crippen LogP contribution in [0.3, 0.4) is 0 Å². The maximum Gasteiger partial charge on any atom is 0.236 e. The van der Waals surface area contributed by atoms with Crippen LogP contribution < -0.4 is 5.32 Å². The Labute approximate surface area is 108 Å². The molecule has 6 nitrogen and oxygen atoms in total. The average molecular weight is 254 g/mol. The largest absolute Gasteiger partial charge is 0.383 e. The van der Waals surface area contributed by atoms with Crippen LogP contribution in [0.4, 0.5) is 0 Å². The predicted octanol–water partition coefficient (Wildman–Crippen LogP) is -0.720. The Morgan fingerprint density at radius 2 is 2.17 bits per heavy atom. The van der Waals surface area contributed by atoms with Crippen molar-refractivity contribution in [3.8, 4) is 6.07 Å². The molecule has 1 fully saturated rings. The van der Waals surface area contributed by atoms with Gasteiger partial charge in [0.05, 0.1) is 25.6 Å². The third-order valence-electron chi connectivity index (χ3n) is 2.98. The highest BCUT2D eigenvalue weighted by Gasteiger charge is 2.18. The molecule has 1 rings (SSSR count). The molecule has 1 aliphatic rings. The minimum absolute atomic E-state index is 0.0872. The van der Waals surface area contributed by atoms with E-state index in [4.69, 9.17) is 10.00 Å². The summed E-state index contributed by atoms with van der Waals surface area (Å²) in [5, 5.41) is 11.9. The van der Waals surface area contributed by atoms with Crippen LogP contribution in [0.1, 0.15) is 6.42 Å². The molecular weight excluding hydrogens is 232 g/mol. The van der Waals surface area contributed by atoms with Gasteiger partial charge < -0.3 is 15.0 Å². The SMILES string of the molecule is COCCN(CCC#N)C(=O)CN1CCNCC1. The summed E-state index contributed by atoms with van der Waals surface area (Å²) in [5.41, 5.74) is 0. The molecule has 6 heteroatoms. The summed E-state index contributed by atoms with van der Waals surface area (Å²) in [6.07, 6.45) is 0.372. The van der Waals surface area contributed by atoms with E-state index in [-0.39, 0.29) is 5.91 Å². The van der Waals surface area contributed by atoms with E-state index >= 15 is 0 Å². The lowest BCUT2D eigenvalue weighted by molar-refractivity contribution is -0.133. The lowest BCUT2D eigenvalue weighted by Crippen LogP contribution is -2.49. The molecule has 0 radical (unpaired) electrons. The number of nitrogens with one attached hydrogen (secondary N) is 1. The summed E-state index contributed by atoms with van der Waals surface area (Å²) in [4.78, 5) is 16.0. The van der Waals surface area contributed by atoms with E-state index < -0.39 is 0 Å². The highest BCUT2D eigenvalue weighted by Crippen LogP contribution is 1.98. The lowest BCUT2D eigenvalue weighted by Gasteiger charge is -2.29. The molecule has 1 amide bonds. The number of piperazine rings is 1. The zero-order valence-electron chi connectivity index (χ0n) is 11.0. The fourth-order valence-electron chi connectivity index (χ4n) is 1.91. The number of ether oxygens (including phenoxy) is 1. The first-order valence-corrected chi connectivity index (χ1v) is 6.34. The van der Waals surface area contributed by atoms with Crippen LogP contribution in [0, 0.1) is 11.3 Å². The second-order valence-electron chi connectivity index (χ2n) is 4.31. The van der Waals surface area contributed by atoms with Gasteiger partial charge in [-0.2, -0.15) is 5.26 Å². The Kier molecular flexibility index (Phi) is 7.34. The Morgan fingerprint density at radius 3 is 2.78 bits per heavy atom. The highest BCUT2D eigenvalue weighted by atomic mass is 16.5. The quantitative estimate of drug-likeness (QED) is 0.649. The molecule has 1 saturated heterocycles. The molecule has 0 aromatic rings. The molecule has 0 bridgehead atoms. The van der Waals surface area contributed by atoms with Gasteiger partial charge in [0.25, 0.3) is 0 Å². The summed E-state index contributed by atoms with van der Waals surface area (Å²) >= 11 is 0. The van der Waals surface area contributed by atoms with Crippen LogP contribution in [0.2, 0.25) is 0 Å².